The zero-order chi connectivity index (χ0) is 11.3. The molecule has 0 aliphatic heterocycles. The first kappa shape index (κ1) is 9.36. The fraction of sp³-hybridized carbons (Fsp3) is 0.154. The Morgan fingerprint density at radius 2 is 2.06 bits per heavy atom. The van der Waals surface area contributed by atoms with E-state index in [1.165, 1.54) is 0 Å². The first-order valence-corrected chi connectivity index (χ1v) is 5.06. The molecular formula is C13H10O3. The van der Waals surface area contributed by atoms with Crippen molar-refractivity contribution in [2.45, 2.75) is 6.10 Å². The molecule has 0 saturated heterocycles. The molecule has 80 valence electrons. The Balaban J connectivity index is 2.49. The van der Waals surface area contributed by atoms with E-state index in [2.05, 4.69) is 0 Å². The topological polar surface area (TPSA) is 46.5 Å². The van der Waals surface area contributed by atoms with Gasteiger partial charge in [0.2, 0.25) is 0 Å². The van der Waals surface area contributed by atoms with Gasteiger partial charge in [0, 0.05) is 16.3 Å². The highest BCUT2D eigenvalue weighted by atomic mass is 16.5. The molecule has 3 nitrogen and oxygen atoms in total. The number of aliphatic hydroxyl groups excluding tert-OH is 1. The van der Waals surface area contributed by atoms with Crippen LogP contribution in [0, 0.1) is 0 Å². The maximum Gasteiger partial charge on any atom is 0.196 e. The Labute approximate surface area is 92.3 Å². The van der Waals surface area contributed by atoms with E-state index in [0.29, 0.717) is 11.1 Å². The first-order chi connectivity index (χ1) is 7.74. The maximum atomic E-state index is 11.8. The van der Waals surface area contributed by atoms with Crippen LogP contribution in [0.4, 0.5) is 0 Å². The number of ether oxygens (including phenoxy) is 1. The van der Waals surface area contributed by atoms with Gasteiger partial charge in [-0.3, -0.25) is 4.79 Å². The van der Waals surface area contributed by atoms with Gasteiger partial charge in [-0.1, -0.05) is 18.2 Å². The van der Waals surface area contributed by atoms with E-state index in [-0.39, 0.29) is 5.78 Å². The van der Waals surface area contributed by atoms with E-state index in [4.69, 9.17) is 4.74 Å². The van der Waals surface area contributed by atoms with E-state index in [0.717, 1.165) is 16.5 Å². The van der Waals surface area contributed by atoms with Crippen LogP contribution in [0.25, 0.3) is 10.8 Å². The van der Waals surface area contributed by atoms with E-state index < -0.39 is 6.10 Å². The lowest BCUT2D eigenvalue weighted by Gasteiger charge is -2.06. The third-order valence-electron chi connectivity index (χ3n) is 3.06. The van der Waals surface area contributed by atoms with Crippen LogP contribution in [-0.4, -0.2) is 18.0 Å². The van der Waals surface area contributed by atoms with Crippen molar-refractivity contribution in [3.8, 4) is 5.75 Å². The first-order valence-electron chi connectivity index (χ1n) is 5.06. The van der Waals surface area contributed by atoms with Crippen molar-refractivity contribution in [2.24, 2.45) is 0 Å². The molecular weight excluding hydrogens is 204 g/mol. The number of methoxy groups -OCH3 is 1. The van der Waals surface area contributed by atoms with Gasteiger partial charge in [0.15, 0.2) is 5.78 Å². The minimum absolute atomic E-state index is 0.228. The molecule has 0 bridgehead atoms. The van der Waals surface area contributed by atoms with Gasteiger partial charge in [-0.25, -0.2) is 0 Å². The van der Waals surface area contributed by atoms with E-state index in [1.54, 1.807) is 25.3 Å². The van der Waals surface area contributed by atoms with E-state index >= 15 is 0 Å². The minimum Gasteiger partial charge on any atom is -0.496 e. The van der Waals surface area contributed by atoms with Crippen LogP contribution in [0.2, 0.25) is 0 Å². The quantitative estimate of drug-likeness (QED) is 0.790. The van der Waals surface area contributed by atoms with Gasteiger partial charge in [0.25, 0.3) is 0 Å². The summed E-state index contributed by atoms with van der Waals surface area (Å²) >= 11 is 0. The minimum atomic E-state index is -1.02. The van der Waals surface area contributed by atoms with Crippen molar-refractivity contribution in [1.82, 2.24) is 0 Å². The summed E-state index contributed by atoms with van der Waals surface area (Å²) in [4.78, 5) is 11.8. The lowest BCUT2D eigenvalue weighted by molar-refractivity contribution is 0.0766. The molecule has 2 aromatic carbocycles. The normalized spacial score (nSPS) is 18.1. The summed E-state index contributed by atoms with van der Waals surface area (Å²) in [6.07, 6.45) is -1.02. The molecule has 1 N–H and O–H groups in total. The number of carbonyl (C=O) groups is 1. The van der Waals surface area contributed by atoms with Crippen LogP contribution >= 0.6 is 0 Å². The molecule has 0 heterocycles. The Hall–Kier alpha value is -1.87. The fourth-order valence-electron chi connectivity index (χ4n) is 2.31. The third kappa shape index (κ3) is 0.981. The van der Waals surface area contributed by atoms with Gasteiger partial charge in [0.05, 0.1) is 7.11 Å². The van der Waals surface area contributed by atoms with Gasteiger partial charge >= 0.3 is 0 Å². The molecule has 0 spiro atoms. The average Bonchev–Trinajstić information content (AvgIpc) is 2.57. The van der Waals surface area contributed by atoms with Gasteiger partial charge in [-0.05, 0) is 17.7 Å². The zero-order valence-electron chi connectivity index (χ0n) is 8.73. The highest BCUT2D eigenvalue weighted by Crippen LogP contribution is 2.40. The second-order valence-electron chi connectivity index (χ2n) is 3.85. The lowest BCUT2D eigenvalue weighted by Crippen LogP contribution is -2.03. The van der Waals surface area contributed by atoms with Crippen LogP contribution in [0.3, 0.4) is 0 Å². The van der Waals surface area contributed by atoms with Gasteiger partial charge in [0.1, 0.15) is 11.9 Å². The average molecular weight is 214 g/mol. The molecule has 0 amide bonds. The second-order valence-corrected chi connectivity index (χ2v) is 3.85. The third-order valence-corrected chi connectivity index (χ3v) is 3.06. The summed E-state index contributed by atoms with van der Waals surface area (Å²) in [6.45, 7) is 0. The van der Waals surface area contributed by atoms with E-state index in [9.17, 15) is 9.90 Å². The lowest BCUT2D eigenvalue weighted by atomic mass is 10.0. The summed E-state index contributed by atoms with van der Waals surface area (Å²) < 4.78 is 5.24. The van der Waals surface area contributed by atoms with Crippen LogP contribution in [0.5, 0.6) is 5.75 Å². The van der Waals surface area contributed by atoms with Crippen LogP contribution in [-0.2, 0) is 0 Å². The Morgan fingerprint density at radius 3 is 2.81 bits per heavy atom. The van der Waals surface area contributed by atoms with Gasteiger partial charge in [-0.2, -0.15) is 0 Å². The summed E-state index contributed by atoms with van der Waals surface area (Å²) in [6, 6.07) is 8.97. The molecule has 3 rings (SSSR count). The molecule has 0 aromatic heterocycles. The number of Topliss-reactive ketones (excluding diaryl/α,β-unsaturated/α-hetero) is 1. The molecule has 0 radical (unpaired) electrons. The molecule has 1 aliphatic carbocycles. The SMILES string of the molecule is COc1ccc2c3c(cccc13)C(O)C2=O. The predicted octanol–water partition coefficient (Wildman–Crippen LogP) is 2.08. The number of rotatable bonds is 1. The number of aliphatic hydroxyl groups is 1. The van der Waals surface area contributed by atoms with Crippen molar-refractivity contribution >= 4 is 16.6 Å². The molecule has 1 atom stereocenters. The zero-order valence-corrected chi connectivity index (χ0v) is 8.73. The van der Waals surface area contributed by atoms with E-state index in [1.807, 2.05) is 12.1 Å². The molecule has 1 unspecified atom stereocenters. The predicted molar refractivity (Wildman–Crippen MR) is 59.8 cm³/mol. The molecule has 3 heteroatoms. The van der Waals surface area contributed by atoms with Crippen molar-refractivity contribution in [1.29, 1.82) is 0 Å². The second kappa shape index (κ2) is 3.06. The van der Waals surface area contributed by atoms with Crippen molar-refractivity contribution in [3.63, 3.8) is 0 Å². The van der Waals surface area contributed by atoms with Crippen molar-refractivity contribution in [3.05, 3.63) is 41.5 Å². The van der Waals surface area contributed by atoms with Crippen molar-refractivity contribution in [2.75, 3.05) is 7.11 Å². The van der Waals surface area contributed by atoms with Crippen LogP contribution in [0.1, 0.15) is 22.0 Å². The Bertz CT molecular complexity index is 601. The summed E-state index contributed by atoms with van der Waals surface area (Å²) in [7, 11) is 1.59. The Morgan fingerprint density at radius 1 is 1.25 bits per heavy atom. The van der Waals surface area contributed by atoms with Gasteiger partial charge in [-0.15, -0.1) is 0 Å². The molecule has 0 saturated carbocycles. The maximum absolute atomic E-state index is 11.8. The number of benzene rings is 2. The standard InChI is InChI=1S/C13H10O3/c1-16-10-6-5-9-11-7(10)3-2-4-8(11)12(14)13(9)15/h2-6,12,14H,1H3. The van der Waals surface area contributed by atoms with Crippen LogP contribution < -0.4 is 4.74 Å². The summed E-state index contributed by atoms with van der Waals surface area (Å²) in [5.41, 5.74) is 1.26. The largest absolute Gasteiger partial charge is 0.496 e. The summed E-state index contributed by atoms with van der Waals surface area (Å²) in [5.74, 6) is 0.497. The molecule has 2 aromatic rings. The van der Waals surface area contributed by atoms with Gasteiger partial charge < -0.3 is 9.84 Å². The number of hydrogen-bond donors (Lipinski definition) is 1. The molecule has 1 aliphatic rings. The number of carbonyl (C=O) groups excluding carboxylic acids is 1. The number of ketones is 1. The summed E-state index contributed by atoms with van der Waals surface area (Å²) in [5, 5.41) is 11.5. The number of hydrogen-bond acceptors (Lipinski definition) is 3. The molecule has 16 heavy (non-hydrogen) atoms. The highest BCUT2D eigenvalue weighted by molar-refractivity contribution is 6.18. The highest BCUT2D eigenvalue weighted by Gasteiger charge is 2.31. The van der Waals surface area contributed by atoms with Crippen LogP contribution in [0.15, 0.2) is 30.3 Å². The smallest absolute Gasteiger partial charge is 0.196 e. The Kier molecular flexibility index (Phi) is 1.79. The fourth-order valence-corrected chi connectivity index (χ4v) is 2.31. The van der Waals surface area contributed by atoms with Crippen molar-refractivity contribution < 1.29 is 14.6 Å². The monoisotopic (exact) mass is 214 g/mol. The molecule has 0 fully saturated rings.